The van der Waals surface area contributed by atoms with Crippen molar-refractivity contribution in [2.45, 2.75) is 50.0 Å². The van der Waals surface area contributed by atoms with Crippen LogP contribution in [0.25, 0.3) is 0 Å². The number of allylic oxidation sites excluding steroid dienone is 1. The van der Waals surface area contributed by atoms with Crippen molar-refractivity contribution >= 4 is 21.7 Å². The van der Waals surface area contributed by atoms with Crippen LogP contribution in [0.4, 0.5) is 5.69 Å². The van der Waals surface area contributed by atoms with Gasteiger partial charge in [-0.1, -0.05) is 42.0 Å². The highest BCUT2D eigenvalue weighted by atomic mass is 32.2. The first-order chi connectivity index (χ1) is 14.4. The Morgan fingerprint density at radius 2 is 1.90 bits per heavy atom. The highest BCUT2D eigenvalue weighted by molar-refractivity contribution is 7.89. The van der Waals surface area contributed by atoms with Crippen LogP contribution >= 0.6 is 0 Å². The van der Waals surface area contributed by atoms with Gasteiger partial charge in [0.15, 0.2) is 0 Å². The van der Waals surface area contributed by atoms with E-state index in [-0.39, 0.29) is 16.5 Å². The highest BCUT2D eigenvalue weighted by Gasteiger charge is 2.20. The van der Waals surface area contributed by atoms with Crippen LogP contribution in [0.3, 0.4) is 0 Å². The summed E-state index contributed by atoms with van der Waals surface area (Å²) < 4.78 is 27.9. The van der Waals surface area contributed by atoms with E-state index in [9.17, 15) is 18.3 Å². The largest absolute Gasteiger partial charge is 0.478 e. The predicted molar refractivity (Wildman–Crippen MR) is 118 cm³/mol. The molecule has 30 heavy (non-hydrogen) atoms. The topological polar surface area (TPSA) is 95.5 Å². The molecule has 2 aromatic carbocycles. The van der Waals surface area contributed by atoms with Crippen LogP contribution in [0.2, 0.25) is 0 Å². The summed E-state index contributed by atoms with van der Waals surface area (Å²) in [6.45, 7) is 2.23. The second-order valence-electron chi connectivity index (χ2n) is 7.55. The molecule has 0 spiro atoms. The summed E-state index contributed by atoms with van der Waals surface area (Å²) in [6.07, 6.45) is 7.28. The van der Waals surface area contributed by atoms with E-state index in [0.717, 1.165) is 24.8 Å². The second kappa shape index (κ2) is 9.91. The Kier molecular flexibility index (Phi) is 7.29. The zero-order valence-corrected chi connectivity index (χ0v) is 17.9. The number of carbonyl (C=O) groups is 1. The summed E-state index contributed by atoms with van der Waals surface area (Å²) in [7, 11) is -3.78. The number of hydrogen-bond donors (Lipinski definition) is 3. The van der Waals surface area contributed by atoms with Crippen LogP contribution in [-0.2, 0) is 10.0 Å². The van der Waals surface area contributed by atoms with Gasteiger partial charge in [0.25, 0.3) is 0 Å². The lowest BCUT2D eigenvalue weighted by Gasteiger charge is -2.18. The molecule has 160 valence electrons. The Hall–Kier alpha value is -2.64. The average Bonchev–Trinajstić information content (AvgIpc) is 2.75. The molecule has 2 aromatic rings. The number of carboxylic acid groups (broad SMARTS) is 1. The lowest BCUT2D eigenvalue weighted by molar-refractivity contribution is 0.0697. The molecule has 0 aliphatic heterocycles. The maximum atomic E-state index is 12.7. The van der Waals surface area contributed by atoms with E-state index in [0.29, 0.717) is 18.7 Å². The zero-order chi connectivity index (χ0) is 21.6. The standard InChI is InChI=1S/C23H28N2O4S/c1-17(19-10-6-3-7-11-19)25-22-13-12-20(16-21(22)23(26)27)30(28,29)24-15-14-18-8-4-2-5-9-18/h3,6-8,10-13,16-17,24-25H,2,4-5,9,14-15H2,1H3,(H,26,27)/t17-/m1/s1. The van der Waals surface area contributed by atoms with Crippen LogP contribution < -0.4 is 10.0 Å². The van der Waals surface area contributed by atoms with Crippen LogP contribution in [0.1, 0.15) is 61.0 Å². The number of rotatable bonds is 9. The third-order valence-electron chi connectivity index (χ3n) is 5.33. The fourth-order valence-electron chi connectivity index (χ4n) is 3.61. The fraction of sp³-hybridized carbons (Fsp3) is 0.348. The molecular weight excluding hydrogens is 400 g/mol. The summed E-state index contributed by atoms with van der Waals surface area (Å²) >= 11 is 0. The number of anilines is 1. The lowest BCUT2D eigenvalue weighted by Crippen LogP contribution is -2.25. The molecule has 0 fully saturated rings. The number of carboxylic acids is 1. The molecule has 0 bridgehead atoms. The van der Waals surface area contributed by atoms with Crippen molar-refractivity contribution in [2.24, 2.45) is 0 Å². The molecular formula is C23H28N2O4S. The van der Waals surface area contributed by atoms with Crippen LogP contribution in [0, 0.1) is 0 Å². The quantitative estimate of drug-likeness (QED) is 0.502. The van der Waals surface area contributed by atoms with Gasteiger partial charge in [0.2, 0.25) is 10.0 Å². The summed E-state index contributed by atoms with van der Waals surface area (Å²) in [4.78, 5) is 11.7. The molecule has 1 aliphatic rings. The first-order valence-corrected chi connectivity index (χ1v) is 11.7. The van der Waals surface area contributed by atoms with Gasteiger partial charge in [-0.05, 0) is 62.8 Å². The van der Waals surface area contributed by atoms with E-state index in [4.69, 9.17) is 0 Å². The summed E-state index contributed by atoms with van der Waals surface area (Å²) in [5.74, 6) is -1.18. The van der Waals surface area contributed by atoms with Crippen molar-refractivity contribution < 1.29 is 18.3 Å². The number of sulfonamides is 1. The highest BCUT2D eigenvalue weighted by Crippen LogP contribution is 2.26. The molecule has 3 N–H and O–H groups in total. The molecule has 0 saturated heterocycles. The smallest absolute Gasteiger partial charge is 0.337 e. The third kappa shape index (κ3) is 5.70. The minimum absolute atomic E-state index is 0.0459. The summed E-state index contributed by atoms with van der Waals surface area (Å²) in [5.41, 5.74) is 2.59. The Morgan fingerprint density at radius 3 is 2.57 bits per heavy atom. The molecule has 0 aromatic heterocycles. The van der Waals surface area contributed by atoms with E-state index in [1.54, 1.807) is 0 Å². The van der Waals surface area contributed by atoms with Crippen molar-refractivity contribution in [2.75, 3.05) is 11.9 Å². The second-order valence-corrected chi connectivity index (χ2v) is 9.31. The molecule has 0 unspecified atom stereocenters. The Bertz CT molecular complexity index is 1020. The van der Waals surface area contributed by atoms with E-state index >= 15 is 0 Å². The van der Waals surface area contributed by atoms with E-state index in [1.165, 1.54) is 30.2 Å². The monoisotopic (exact) mass is 428 g/mol. The predicted octanol–water partition coefficient (Wildman–Crippen LogP) is 4.73. The molecule has 0 amide bonds. The van der Waals surface area contributed by atoms with Crippen LogP contribution in [0.5, 0.6) is 0 Å². The van der Waals surface area contributed by atoms with Gasteiger partial charge in [-0.3, -0.25) is 0 Å². The minimum Gasteiger partial charge on any atom is -0.478 e. The molecule has 3 rings (SSSR count). The van der Waals surface area contributed by atoms with Gasteiger partial charge >= 0.3 is 5.97 Å². The van der Waals surface area contributed by atoms with Gasteiger partial charge in [0.05, 0.1) is 10.5 Å². The van der Waals surface area contributed by atoms with Gasteiger partial charge in [0, 0.05) is 18.3 Å². The lowest BCUT2D eigenvalue weighted by atomic mass is 9.97. The maximum absolute atomic E-state index is 12.7. The SMILES string of the molecule is C[C@@H](Nc1ccc(S(=O)(=O)NCCC2=CCCCC2)cc1C(=O)O)c1ccccc1. The van der Waals surface area contributed by atoms with Gasteiger partial charge in [-0.25, -0.2) is 17.9 Å². The van der Waals surface area contributed by atoms with E-state index in [1.807, 2.05) is 37.3 Å². The normalized spacial score (nSPS) is 15.3. The first kappa shape index (κ1) is 22.1. The number of aromatic carboxylic acids is 1. The molecule has 0 radical (unpaired) electrons. The Morgan fingerprint density at radius 1 is 1.13 bits per heavy atom. The molecule has 6 nitrogen and oxygen atoms in total. The molecule has 7 heteroatoms. The fourth-order valence-corrected chi connectivity index (χ4v) is 4.67. The number of benzene rings is 2. The maximum Gasteiger partial charge on any atom is 0.337 e. The van der Waals surface area contributed by atoms with Crippen LogP contribution in [0.15, 0.2) is 65.1 Å². The number of hydrogen-bond acceptors (Lipinski definition) is 4. The zero-order valence-electron chi connectivity index (χ0n) is 17.1. The van der Waals surface area contributed by atoms with E-state index < -0.39 is 16.0 Å². The number of nitrogens with one attached hydrogen (secondary N) is 2. The van der Waals surface area contributed by atoms with Gasteiger partial charge in [-0.2, -0.15) is 0 Å². The molecule has 0 heterocycles. The Labute approximate surface area is 178 Å². The Balaban J connectivity index is 1.73. The summed E-state index contributed by atoms with van der Waals surface area (Å²) in [6, 6.07) is 13.7. The van der Waals surface area contributed by atoms with Crippen LogP contribution in [-0.4, -0.2) is 26.0 Å². The van der Waals surface area contributed by atoms with Crippen molar-refractivity contribution in [1.29, 1.82) is 0 Å². The molecule has 1 atom stereocenters. The van der Waals surface area contributed by atoms with Gasteiger partial charge in [-0.15, -0.1) is 0 Å². The van der Waals surface area contributed by atoms with Crippen molar-refractivity contribution in [3.05, 3.63) is 71.3 Å². The average molecular weight is 429 g/mol. The van der Waals surface area contributed by atoms with Crippen molar-refractivity contribution in [3.63, 3.8) is 0 Å². The third-order valence-corrected chi connectivity index (χ3v) is 6.79. The molecule has 0 saturated carbocycles. The van der Waals surface area contributed by atoms with E-state index in [2.05, 4.69) is 16.1 Å². The minimum atomic E-state index is -3.78. The van der Waals surface area contributed by atoms with Gasteiger partial charge in [0.1, 0.15) is 0 Å². The van der Waals surface area contributed by atoms with Crippen molar-refractivity contribution in [1.82, 2.24) is 4.72 Å². The van der Waals surface area contributed by atoms with Crippen molar-refractivity contribution in [3.8, 4) is 0 Å². The molecule has 1 aliphatic carbocycles. The first-order valence-electron chi connectivity index (χ1n) is 10.2. The van der Waals surface area contributed by atoms with Gasteiger partial charge < -0.3 is 10.4 Å². The summed E-state index contributed by atoms with van der Waals surface area (Å²) in [5, 5.41) is 12.8.